The zero-order chi connectivity index (χ0) is 29.0. The number of carbonyl (C=O) groups is 3. The highest BCUT2D eigenvalue weighted by Crippen LogP contribution is 2.45. The number of anilines is 1. The maximum atomic E-state index is 13.5. The highest BCUT2D eigenvalue weighted by molar-refractivity contribution is 7.17. The third-order valence-electron chi connectivity index (χ3n) is 6.30. The lowest BCUT2D eigenvalue weighted by atomic mass is 9.95. The number of carbonyl (C=O) groups excluding carboxylic acids is 3. The summed E-state index contributed by atoms with van der Waals surface area (Å²) in [6.45, 7) is 6.22. The van der Waals surface area contributed by atoms with Gasteiger partial charge in [0.05, 0.1) is 37.6 Å². The molecule has 1 amide bonds. The smallest absolute Gasteiger partial charge is 0.350 e. The molecule has 2 N–H and O–H groups in total. The van der Waals surface area contributed by atoms with E-state index in [1.165, 1.54) is 25.3 Å². The number of thiazole rings is 1. The number of aliphatic hydroxyl groups is 1. The van der Waals surface area contributed by atoms with Crippen LogP contribution in [0.1, 0.15) is 59.2 Å². The van der Waals surface area contributed by atoms with Crippen molar-refractivity contribution < 1.29 is 38.8 Å². The van der Waals surface area contributed by atoms with Crippen LogP contribution in [0.3, 0.4) is 0 Å². The molecule has 4 rings (SSSR count). The Morgan fingerprint density at radius 3 is 2.48 bits per heavy atom. The van der Waals surface area contributed by atoms with Gasteiger partial charge in [0.2, 0.25) is 0 Å². The first-order valence-electron chi connectivity index (χ1n) is 12.8. The summed E-state index contributed by atoms with van der Waals surface area (Å²) in [5, 5.41) is 21.7. The average molecular weight is 567 g/mol. The van der Waals surface area contributed by atoms with E-state index in [9.17, 15) is 24.6 Å². The summed E-state index contributed by atoms with van der Waals surface area (Å²) in [7, 11) is 1.24. The van der Waals surface area contributed by atoms with Crippen molar-refractivity contribution in [2.75, 3.05) is 25.2 Å². The molecule has 1 aliphatic rings. The molecule has 1 aromatic heterocycles. The van der Waals surface area contributed by atoms with Gasteiger partial charge in [-0.2, -0.15) is 0 Å². The lowest BCUT2D eigenvalue weighted by Crippen LogP contribution is -2.29. The number of aromatic nitrogens is 1. The number of hydrogen-bond acceptors (Lipinski definition) is 10. The highest BCUT2D eigenvalue weighted by atomic mass is 32.1. The Morgan fingerprint density at radius 2 is 1.82 bits per heavy atom. The van der Waals surface area contributed by atoms with Gasteiger partial charge >= 0.3 is 11.9 Å². The number of ketones is 1. The Kier molecular flexibility index (Phi) is 8.73. The van der Waals surface area contributed by atoms with Gasteiger partial charge in [0.15, 0.2) is 16.6 Å². The normalized spacial score (nSPS) is 16.3. The molecule has 0 bridgehead atoms. The first-order chi connectivity index (χ1) is 19.2. The minimum Gasteiger partial charge on any atom is -0.507 e. The maximum Gasteiger partial charge on any atom is 0.350 e. The number of aryl methyl sites for hydroxylation is 1. The zero-order valence-electron chi connectivity index (χ0n) is 22.6. The molecule has 2 heterocycles. The van der Waals surface area contributed by atoms with Crippen LogP contribution in [0.5, 0.6) is 17.2 Å². The minimum absolute atomic E-state index is 0.0785. The highest BCUT2D eigenvalue weighted by Gasteiger charge is 2.48. The quantitative estimate of drug-likeness (QED) is 0.112. The fourth-order valence-corrected chi connectivity index (χ4v) is 5.30. The fourth-order valence-electron chi connectivity index (χ4n) is 4.28. The standard InChI is InChI=1S/C29H30N2O8S/c1-5-7-14-39-19-11-8-17(9-12-19)24(33)22-23(18-10-13-20(32)21(15-18)38-6-2)31(27(35)25(22)34)29-30-16(3)26(40-29)28(36)37-4/h8-13,15,23,32-33H,5-7,14H2,1-4H3/b24-22+. The average Bonchev–Trinajstić information content (AvgIpc) is 3.46. The van der Waals surface area contributed by atoms with Crippen molar-refractivity contribution in [3.05, 3.63) is 69.7 Å². The number of methoxy groups -OCH3 is 1. The van der Waals surface area contributed by atoms with Gasteiger partial charge in [0.1, 0.15) is 16.4 Å². The molecule has 1 saturated heterocycles. The van der Waals surface area contributed by atoms with Gasteiger partial charge in [-0.15, -0.1) is 0 Å². The van der Waals surface area contributed by atoms with E-state index in [1.54, 1.807) is 38.1 Å². The molecule has 40 heavy (non-hydrogen) atoms. The van der Waals surface area contributed by atoms with Crippen molar-refractivity contribution in [1.29, 1.82) is 0 Å². The first kappa shape index (κ1) is 28.6. The van der Waals surface area contributed by atoms with E-state index in [4.69, 9.17) is 14.2 Å². The lowest BCUT2D eigenvalue weighted by molar-refractivity contribution is -0.132. The molecule has 210 valence electrons. The minimum atomic E-state index is -1.13. The predicted octanol–water partition coefficient (Wildman–Crippen LogP) is 5.15. The lowest BCUT2D eigenvalue weighted by Gasteiger charge is -2.23. The number of unbranched alkanes of at least 4 members (excludes halogenated alkanes) is 1. The molecule has 3 aromatic rings. The fraction of sp³-hybridized carbons (Fsp3) is 0.310. The summed E-state index contributed by atoms with van der Waals surface area (Å²) in [4.78, 5) is 44.9. The van der Waals surface area contributed by atoms with Gasteiger partial charge in [0.25, 0.3) is 5.78 Å². The van der Waals surface area contributed by atoms with Crippen LogP contribution in [0.2, 0.25) is 0 Å². The summed E-state index contributed by atoms with van der Waals surface area (Å²) >= 11 is 0.898. The van der Waals surface area contributed by atoms with Gasteiger partial charge in [-0.25, -0.2) is 9.78 Å². The first-order valence-corrected chi connectivity index (χ1v) is 13.6. The van der Waals surface area contributed by atoms with Crippen molar-refractivity contribution in [3.8, 4) is 17.2 Å². The van der Waals surface area contributed by atoms with Gasteiger partial charge in [0, 0.05) is 5.56 Å². The molecule has 0 aliphatic carbocycles. The molecular weight excluding hydrogens is 536 g/mol. The van der Waals surface area contributed by atoms with Crippen molar-refractivity contribution >= 4 is 39.9 Å². The second-order valence-electron chi connectivity index (χ2n) is 8.96. The van der Waals surface area contributed by atoms with E-state index < -0.39 is 29.5 Å². The summed E-state index contributed by atoms with van der Waals surface area (Å²) in [5.74, 6) is -2.25. The van der Waals surface area contributed by atoms with Crippen LogP contribution < -0.4 is 14.4 Å². The second-order valence-corrected chi connectivity index (χ2v) is 9.94. The number of benzene rings is 2. The topological polar surface area (TPSA) is 135 Å². The number of Topliss-reactive ketones (excluding diaryl/α,β-unsaturated/α-hetero) is 1. The van der Waals surface area contributed by atoms with Crippen LogP contribution in [0, 0.1) is 6.92 Å². The Labute approximate surface area is 235 Å². The number of aliphatic hydroxyl groups excluding tert-OH is 1. The Bertz CT molecular complexity index is 1460. The number of hydrogen-bond donors (Lipinski definition) is 2. The summed E-state index contributed by atoms with van der Waals surface area (Å²) in [6.07, 6.45) is 1.89. The molecule has 10 nitrogen and oxygen atoms in total. The predicted molar refractivity (Wildman–Crippen MR) is 149 cm³/mol. The molecule has 11 heteroatoms. The molecular formula is C29H30N2O8S. The second kappa shape index (κ2) is 12.2. The molecule has 0 spiro atoms. The van der Waals surface area contributed by atoms with E-state index in [0.717, 1.165) is 29.1 Å². The summed E-state index contributed by atoms with van der Waals surface area (Å²) < 4.78 is 16.0. The Hall–Kier alpha value is -4.38. The zero-order valence-corrected chi connectivity index (χ0v) is 23.4. The van der Waals surface area contributed by atoms with E-state index in [1.807, 2.05) is 0 Å². The number of amides is 1. The number of phenolic OH excluding ortho intramolecular Hbond substituents is 1. The van der Waals surface area contributed by atoms with E-state index >= 15 is 0 Å². The van der Waals surface area contributed by atoms with Crippen LogP contribution in [-0.2, 0) is 14.3 Å². The van der Waals surface area contributed by atoms with Crippen molar-refractivity contribution in [1.82, 2.24) is 4.98 Å². The van der Waals surface area contributed by atoms with Gasteiger partial charge in [-0.1, -0.05) is 30.7 Å². The Balaban J connectivity index is 1.86. The van der Waals surface area contributed by atoms with Crippen LogP contribution in [0.15, 0.2) is 48.0 Å². The maximum absolute atomic E-state index is 13.5. The number of ether oxygens (including phenoxy) is 3. The van der Waals surface area contributed by atoms with Crippen LogP contribution in [0.4, 0.5) is 5.13 Å². The number of esters is 1. The molecule has 1 unspecified atom stereocenters. The van der Waals surface area contributed by atoms with E-state index in [0.29, 0.717) is 29.2 Å². The third kappa shape index (κ3) is 5.50. The molecule has 2 aromatic carbocycles. The van der Waals surface area contributed by atoms with Gasteiger partial charge in [-0.05, 0) is 62.2 Å². The van der Waals surface area contributed by atoms with Gasteiger partial charge < -0.3 is 24.4 Å². The number of nitrogens with zero attached hydrogens (tertiary/aromatic N) is 2. The SMILES string of the molecule is CCCCOc1ccc(/C(O)=C2\C(=O)C(=O)N(c3nc(C)c(C(=O)OC)s3)C2c2ccc(O)c(OCC)c2)cc1. The van der Waals surface area contributed by atoms with Crippen molar-refractivity contribution in [3.63, 3.8) is 0 Å². The molecule has 1 atom stereocenters. The van der Waals surface area contributed by atoms with E-state index in [2.05, 4.69) is 11.9 Å². The van der Waals surface area contributed by atoms with E-state index in [-0.39, 0.29) is 33.7 Å². The number of rotatable bonds is 10. The molecule has 0 radical (unpaired) electrons. The molecule has 0 saturated carbocycles. The monoisotopic (exact) mass is 566 g/mol. The van der Waals surface area contributed by atoms with Crippen molar-refractivity contribution in [2.24, 2.45) is 0 Å². The van der Waals surface area contributed by atoms with Crippen LogP contribution in [0.25, 0.3) is 5.76 Å². The third-order valence-corrected chi connectivity index (χ3v) is 7.44. The summed E-state index contributed by atoms with van der Waals surface area (Å²) in [6, 6.07) is 9.85. The van der Waals surface area contributed by atoms with Crippen molar-refractivity contribution in [2.45, 2.75) is 39.7 Å². The summed E-state index contributed by atoms with van der Waals surface area (Å²) in [5.41, 5.74) is 0.839. The van der Waals surface area contributed by atoms with Crippen LogP contribution in [-0.4, -0.2) is 53.2 Å². The van der Waals surface area contributed by atoms with Gasteiger partial charge in [-0.3, -0.25) is 14.5 Å². The number of aromatic hydroxyl groups is 1. The Morgan fingerprint density at radius 1 is 1.10 bits per heavy atom. The molecule has 1 fully saturated rings. The largest absolute Gasteiger partial charge is 0.507 e. The van der Waals surface area contributed by atoms with Crippen LogP contribution >= 0.6 is 11.3 Å². The number of phenols is 1. The molecule has 1 aliphatic heterocycles.